The van der Waals surface area contributed by atoms with Crippen LogP contribution in [0.1, 0.15) is 38.7 Å². The minimum atomic E-state index is -0.377. The summed E-state index contributed by atoms with van der Waals surface area (Å²) in [5.41, 5.74) is 3.62. The average Bonchev–Trinajstić information content (AvgIpc) is 2.98. The highest BCUT2D eigenvalue weighted by Crippen LogP contribution is 2.21. The molecular formula is C21H22N2O4. The van der Waals surface area contributed by atoms with Crippen molar-refractivity contribution >= 4 is 11.6 Å². The molecule has 6 heteroatoms. The van der Waals surface area contributed by atoms with Crippen LogP contribution in [0.5, 0.6) is 5.75 Å². The molecule has 0 atom stereocenters. The van der Waals surface area contributed by atoms with Gasteiger partial charge in [-0.15, -0.1) is 0 Å². The van der Waals surface area contributed by atoms with Crippen molar-refractivity contribution in [2.75, 3.05) is 5.32 Å². The van der Waals surface area contributed by atoms with Crippen molar-refractivity contribution in [3.8, 4) is 5.75 Å². The van der Waals surface area contributed by atoms with Crippen molar-refractivity contribution in [1.82, 2.24) is 4.98 Å². The molecule has 0 aliphatic carbocycles. The molecule has 3 rings (SSSR count). The molecule has 0 spiro atoms. The standard InChI is InChI=1S/C21H22N2O4/c1-12-5-7-17(8-6-12)26-11-16-10-18(27-15(16)4)21(25)23-20-13(2)9-19(24)22-14(20)3/h5-10H,11H2,1-4H3,(H,22,24)(H,23,25). The van der Waals surface area contributed by atoms with Gasteiger partial charge in [0, 0.05) is 17.3 Å². The normalized spacial score (nSPS) is 10.7. The Morgan fingerprint density at radius 3 is 2.48 bits per heavy atom. The van der Waals surface area contributed by atoms with Crippen molar-refractivity contribution in [2.24, 2.45) is 0 Å². The van der Waals surface area contributed by atoms with Crippen molar-refractivity contribution in [2.45, 2.75) is 34.3 Å². The first-order valence-electron chi connectivity index (χ1n) is 8.64. The maximum absolute atomic E-state index is 12.5. The van der Waals surface area contributed by atoms with Crippen LogP contribution in [0, 0.1) is 27.7 Å². The summed E-state index contributed by atoms with van der Waals surface area (Å²) in [4.78, 5) is 26.7. The van der Waals surface area contributed by atoms with E-state index in [4.69, 9.17) is 9.15 Å². The summed E-state index contributed by atoms with van der Waals surface area (Å²) in [6.45, 7) is 7.62. The first-order valence-corrected chi connectivity index (χ1v) is 8.64. The summed E-state index contributed by atoms with van der Waals surface area (Å²) in [7, 11) is 0. The second-order valence-electron chi connectivity index (χ2n) is 6.56. The van der Waals surface area contributed by atoms with Gasteiger partial charge in [-0.05, 0) is 51.5 Å². The highest BCUT2D eigenvalue weighted by atomic mass is 16.5. The van der Waals surface area contributed by atoms with Gasteiger partial charge in [-0.25, -0.2) is 0 Å². The van der Waals surface area contributed by atoms with Crippen LogP contribution >= 0.6 is 0 Å². The van der Waals surface area contributed by atoms with E-state index < -0.39 is 0 Å². The first-order chi connectivity index (χ1) is 12.8. The molecule has 0 aliphatic rings. The molecule has 1 amide bonds. The molecule has 0 saturated carbocycles. The van der Waals surface area contributed by atoms with Gasteiger partial charge in [-0.3, -0.25) is 9.59 Å². The maximum Gasteiger partial charge on any atom is 0.291 e. The highest BCUT2D eigenvalue weighted by molar-refractivity contribution is 6.03. The zero-order chi connectivity index (χ0) is 19.6. The van der Waals surface area contributed by atoms with Gasteiger partial charge >= 0.3 is 0 Å². The number of amides is 1. The van der Waals surface area contributed by atoms with Gasteiger partial charge in [0.1, 0.15) is 18.1 Å². The molecule has 6 nitrogen and oxygen atoms in total. The van der Waals surface area contributed by atoms with E-state index in [0.29, 0.717) is 29.3 Å². The molecule has 0 radical (unpaired) electrons. The fraction of sp³-hybridized carbons (Fsp3) is 0.238. The number of nitrogens with one attached hydrogen (secondary N) is 2. The highest BCUT2D eigenvalue weighted by Gasteiger charge is 2.17. The van der Waals surface area contributed by atoms with Gasteiger partial charge in [0.05, 0.1) is 5.69 Å². The van der Waals surface area contributed by atoms with Crippen LogP contribution in [0.25, 0.3) is 0 Å². The lowest BCUT2D eigenvalue weighted by molar-refractivity contribution is 0.0995. The number of anilines is 1. The van der Waals surface area contributed by atoms with Gasteiger partial charge in [0.2, 0.25) is 5.56 Å². The molecule has 1 aromatic carbocycles. The Labute approximate surface area is 157 Å². The summed E-state index contributed by atoms with van der Waals surface area (Å²) >= 11 is 0. The largest absolute Gasteiger partial charge is 0.489 e. The Kier molecular flexibility index (Phi) is 5.16. The number of carbonyl (C=O) groups is 1. The number of furan rings is 1. The van der Waals surface area contributed by atoms with Crippen LogP contribution in [0.3, 0.4) is 0 Å². The summed E-state index contributed by atoms with van der Waals surface area (Å²) in [5, 5.41) is 2.80. The summed E-state index contributed by atoms with van der Waals surface area (Å²) in [5.74, 6) is 1.20. The van der Waals surface area contributed by atoms with Crippen LogP contribution < -0.4 is 15.6 Å². The predicted octanol–water partition coefficient (Wildman–Crippen LogP) is 4.03. The topological polar surface area (TPSA) is 84.3 Å². The first kappa shape index (κ1) is 18.5. The smallest absolute Gasteiger partial charge is 0.291 e. The number of carbonyl (C=O) groups excluding carboxylic acids is 1. The quantitative estimate of drug-likeness (QED) is 0.714. The molecule has 0 fully saturated rings. The van der Waals surface area contributed by atoms with E-state index in [-0.39, 0.29) is 17.2 Å². The number of aromatic nitrogens is 1. The summed E-state index contributed by atoms with van der Waals surface area (Å²) in [6, 6.07) is 10.9. The monoisotopic (exact) mass is 366 g/mol. The third-order valence-electron chi connectivity index (χ3n) is 4.33. The zero-order valence-corrected chi connectivity index (χ0v) is 15.8. The Balaban J connectivity index is 1.72. The Hall–Kier alpha value is -3.28. The van der Waals surface area contributed by atoms with Crippen molar-refractivity contribution in [1.29, 1.82) is 0 Å². The molecule has 2 N–H and O–H groups in total. The Morgan fingerprint density at radius 1 is 1.11 bits per heavy atom. The average molecular weight is 366 g/mol. The number of hydrogen-bond donors (Lipinski definition) is 2. The lowest BCUT2D eigenvalue weighted by Gasteiger charge is -2.09. The lowest BCUT2D eigenvalue weighted by atomic mass is 10.2. The molecule has 0 saturated heterocycles. The minimum Gasteiger partial charge on any atom is -0.489 e. The molecule has 3 aromatic rings. The van der Waals surface area contributed by atoms with Crippen molar-refractivity contribution in [3.63, 3.8) is 0 Å². The molecule has 27 heavy (non-hydrogen) atoms. The molecule has 0 bridgehead atoms. The summed E-state index contributed by atoms with van der Waals surface area (Å²) < 4.78 is 11.4. The summed E-state index contributed by atoms with van der Waals surface area (Å²) in [6.07, 6.45) is 0. The van der Waals surface area contributed by atoms with E-state index >= 15 is 0 Å². The van der Waals surface area contributed by atoms with E-state index in [1.54, 1.807) is 26.8 Å². The van der Waals surface area contributed by atoms with Gasteiger partial charge < -0.3 is 19.5 Å². The van der Waals surface area contributed by atoms with Crippen molar-refractivity contribution in [3.05, 3.63) is 80.7 Å². The third kappa shape index (κ3) is 4.28. The number of aryl methyl sites for hydroxylation is 4. The fourth-order valence-electron chi connectivity index (χ4n) is 2.79. The van der Waals surface area contributed by atoms with Crippen LogP contribution in [0.4, 0.5) is 5.69 Å². The fourth-order valence-corrected chi connectivity index (χ4v) is 2.79. The van der Waals surface area contributed by atoms with E-state index in [2.05, 4.69) is 10.3 Å². The Morgan fingerprint density at radius 2 is 1.81 bits per heavy atom. The SMILES string of the molecule is Cc1ccc(OCc2cc(C(=O)Nc3c(C)cc(=O)[nH]c3C)oc2C)cc1. The van der Waals surface area contributed by atoms with Gasteiger partial charge in [-0.2, -0.15) is 0 Å². The van der Waals surface area contributed by atoms with Gasteiger partial charge in [-0.1, -0.05) is 17.7 Å². The minimum absolute atomic E-state index is 0.194. The lowest BCUT2D eigenvalue weighted by Crippen LogP contribution is -2.17. The second-order valence-corrected chi connectivity index (χ2v) is 6.56. The number of hydrogen-bond acceptors (Lipinski definition) is 4. The van der Waals surface area contributed by atoms with Crippen LogP contribution in [-0.4, -0.2) is 10.9 Å². The maximum atomic E-state index is 12.5. The number of aromatic amines is 1. The van der Waals surface area contributed by atoms with E-state index in [0.717, 1.165) is 16.9 Å². The van der Waals surface area contributed by atoms with E-state index in [1.807, 2.05) is 31.2 Å². The van der Waals surface area contributed by atoms with Crippen LogP contribution in [-0.2, 0) is 6.61 Å². The molecule has 2 aromatic heterocycles. The Bertz CT molecular complexity index is 1000. The van der Waals surface area contributed by atoms with Crippen LogP contribution in [0.2, 0.25) is 0 Å². The number of ether oxygens (including phenoxy) is 1. The number of rotatable bonds is 5. The van der Waals surface area contributed by atoms with Crippen LogP contribution in [0.15, 0.2) is 45.6 Å². The third-order valence-corrected chi connectivity index (χ3v) is 4.33. The van der Waals surface area contributed by atoms with E-state index in [1.165, 1.54) is 6.07 Å². The molecule has 140 valence electrons. The van der Waals surface area contributed by atoms with Gasteiger partial charge in [0.25, 0.3) is 5.91 Å². The number of benzene rings is 1. The second kappa shape index (κ2) is 7.53. The van der Waals surface area contributed by atoms with Gasteiger partial charge in [0.15, 0.2) is 5.76 Å². The number of pyridine rings is 1. The predicted molar refractivity (Wildman–Crippen MR) is 103 cm³/mol. The molecule has 0 unspecified atom stereocenters. The van der Waals surface area contributed by atoms with Crippen molar-refractivity contribution < 1.29 is 13.9 Å². The zero-order valence-electron chi connectivity index (χ0n) is 15.8. The molecule has 2 heterocycles. The number of H-pyrrole nitrogens is 1. The van der Waals surface area contributed by atoms with E-state index in [9.17, 15) is 9.59 Å². The molecular weight excluding hydrogens is 344 g/mol. The molecule has 0 aliphatic heterocycles.